The average Bonchev–Trinajstić information content (AvgIpc) is 2.94. The molecule has 4 heteroatoms. The smallest absolute Gasteiger partial charge is 0.139 e. The number of nitrogens with one attached hydrogen (secondary N) is 1. The first kappa shape index (κ1) is 15.9. The molecule has 1 atom stereocenters. The van der Waals surface area contributed by atoms with Crippen molar-refractivity contribution in [2.45, 2.75) is 45.6 Å². The molecule has 0 aromatic heterocycles. The van der Waals surface area contributed by atoms with E-state index in [0.29, 0.717) is 29.3 Å². The van der Waals surface area contributed by atoms with Gasteiger partial charge in [-0.05, 0) is 43.9 Å². The van der Waals surface area contributed by atoms with Gasteiger partial charge in [-0.3, -0.25) is 0 Å². The van der Waals surface area contributed by atoms with Gasteiger partial charge in [0.15, 0.2) is 0 Å². The molecule has 1 saturated carbocycles. The molecular formula is C16H23Cl2NO. The number of rotatable bonds is 6. The summed E-state index contributed by atoms with van der Waals surface area (Å²) in [6.45, 7) is 5.60. The second kappa shape index (κ2) is 7.53. The highest BCUT2D eigenvalue weighted by Crippen LogP contribution is 2.41. The zero-order valence-electron chi connectivity index (χ0n) is 12.2. The van der Waals surface area contributed by atoms with Crippen molar-refractivity contribution >= 4 is 23.2 Å². The summed E-state index contributed by atoms with van der Waals surface area (Å²) in [5.41, 5.74) is 1.11. The third-order valence-electron chi connectivity index (χ3n) is 3.98. The predicted octanol–water partition coefficient (Wildman–Crippen LogP) is 5.23. The summed E-state index contributed by atoms with van der Waals surface area (Å²) >= 11 is 12.8. The summed E-state index contributed by atoms with van der Waals surface area (Å²) < 4.78 is 5.50. The third-order valence-corrected chi connectivity index (χ3v) is 4.60. The first-order valence-corrected chi connectivity index (χ1v) is 8.28. The lowest BCUT2D eigenvalue weighted by molar-refractivity contribution is 0.339. The van der Waals surface area contributed by atoms with Gasteiger partial charge in [0.25, 0.3) is 0 Å². The van der Waals surface area contributed by atoms with Gasteiger partial charge in [-0.1, -0.05) is 43.0 Å². The van der Waals surface area contributed by atoms with Crippen molar-refractivity contribution in [1.29, 1.82) is 0 Å². The number of benzene rings is 1. The fourth-order valence-corrected chi connectivity index (χ4v) is 3.59. The van der Waals surface area contributed by atoms with Crippen molar-refractivity contribution in [1.82, 2.24) is 5.32 Å². The third kappa shape index (κ3) is 3.60. The second-order valence-electron chi connectivity index (χ2n) is 5.32. The summed E-state index contributed by atoms with van der Waals surface area (Å²) in [4.78, 5) is 0. The van der Waals surface area contributed by atoms with Crippen molar-refractivity contribution < 1.29 is 4.74 Å². The Morgan fingerprint density at radius 3 is 2.50 bits per heavy atom. The maximum atomic E-state index is 6.47. The van der Waals surface area contributed by atoms with Gasteiger partial charge in [-0.25, -0.2) is 0 Å². The Morgan fingerprint density at radius 1 is 1.20 bits per heavy atom. The summed E-state index contributed by atoms with van der Waals surface area (Å²) in [6.07, 6.45) is 5.15. The van der Waals surface area contributed by atoms with Crippen LogP contribution in [0.2, 0.25) is 10.0 Å². The molecule has 0 saturated heterocycles. The van der Waals surface area contributed by atoms with Gasteiger partial charge in [-0.15, -0.1) is 0 Å². The summed E-state index contributed by atoms with van der Waals surface area (Å²) in [6, 6.07) is 4.12. The van der Waals surface area contributed by atoms with Crippen molar-refractivity contribution in [3.63, 3.8) is 0 Å². The Hall–Kier alpha value is -0.440. The van der Waals surface area contributed by atoms with Gasteiger partial charge in [0.1, 0.15) is 5.75 Å². The summed E-state index contributed by atoms with van der Waals surface area (Å²) in [5, 5.41) is 4.97. The Labute approximate surface area is 131 Å². The summed E-state index contributed by atoms with van der Waals surface area (Å²) in [5.74, 6) is 1.33. The van der Waals surface area contributed by atoms with E-state index in [4.69, 9.17) is 27.9 Å². The molecular weight excluding hydrogens is 293 g/mol. The van der Waals surface area contributed by atoms with Gasteiger partial charge in [-0.2, -0.15) is 0 Å². The van der Waals surface area contributed by atoms with E-state index in [1.165, 1.54) is 25.7 Å². The van der Waals surface area contributed by atoms with E-state index < -0.39 is 0 Å². The van der Waals surface area contributed by atoms with E-state index in [-0.39, 0.29) is 0 Å². The molecule has 1 aliphatic carbocycles. The average molecular weight is 316 g/mol. The molecule has 1 unspecified atom stereocenters. The van der Waals surface area contributed by atoms with E-state index in [0.717, 1.165) is 17.1 Å². The first-order chi connectivity index (χ1) is 9.67. The van der Waals surface area contributed by atoms with E-state index >= 15 is 0 Å². The molecule has 1 aromatic rings. The molecule has 20 heavy (non-hydrogen) atoms. The molecule has 1 fully saturated rings. The molecule has 1 aliphatic rings. The van der Waals surface area contributed by atoms with Crippen molar-refractivity contribution in [3.05, 3.63) is 27.7 Å². The quantitative estimate of drug-likeness (QED) is 0.775. The molecule has 0 spiro atoms. The van der Waals surface area contributed by atoms with Crippen LogP contribution in [0.4, 0.5) is 0 Å². The van der Waals surface area contributed by atoms with Crippen LogP contribution in [-0.2, 0) is 0 Å². The van der Waals surface area contributed by atoms with E-state index in [1.54, 1.807) is 0 Å². The molecule has 2 rings (SSSR count). The number of halogens is 2. The zero-order valence-corrected chi connectivity index (χ0v) is 13.7. The standard InChI is InChI=1S/C16H23Cl2NO/c1-3-19-16(11-7-5-6-8-11)12-9-14(18)15(20-4-2)10-13(12)17/h9-11,16,19H,3-8H2,1-2H3. The largest absolute Gasteiger partial charge is 0.492 e. The van der Waals surface area contributed by atoms with Crippen LogP contribution in [-0.4, -0.2) is 13.2 Å². The van der Waals surface area contributed by atoms with Crippen LogP contribution in [0.25, 0.3) is 0 Å². The molecule has 0 radical (unpaired) electrons. The number of hydrogen-bond donors (Lipinski definition) is 1. The maximum absolute atomic E-state index is 6.47. The van der Waals surface area contributed by atoms with Crippen LogP contribution >= 0.6 is 23.2 Å². The number of ether oxygens (including phenoxy) is 1. The zero-order chi connectivity index (χ0) is 14.5. The fourth-order valence-electron chi connectivity index (χ4n) is 3.09. The lowest BCUT2D eigenvalue weighted by Crippen LogP contribution is -2.27. The minimum absolute atomic E-state index is 0.295. The van der Waals surface area contributed by atoms with Crippen LogP contribution < -0.4 is 10.1 Å². The van der Waals surface area contributed by atoms with E-state index in [2.05, 4.69) is 12.2 Å². The van der Waals surface area contributed by atoms with Crippen molar-refractivity contribution in [2.75, 3.05) is 13.2 Å². The topological polar surface area (TPSA) is 21.3 Å². The van der Waals surface area contributed by atoms with Crippen LogP contribution in [0, 0.1) is 5.92 Å². The van der Waals surface area contributed by atoms with Gasteiger partial charge in [0, 0.05) is 17.1 Å². The predicted molar refractivity (Wildman–Crippen MR) is 86.0 cm³/mol. The van der Waals surface area contributed by atoms with Gasteiger partial charge in [0.05, 0.1) is 11.6 Å². The lowest BCUT2D eigenvalue weighted by Gasteiger charge is -2.26. The minimum Gasteiger partial charge on any atom is -0.492 e. The monoisotopic (exact) mass is 315 g/mol. The maximum Gasteiger partial charge on any atom is 0.139 e. The van der Waals surface area contributed by atoms with E-state index in [9.17, 15) is 0 Å². The molecule has 0 aliphatic heterocycles. The normalized spacial score (nSPS) is 17.4. The molecule has 0 heterocycles. The van der Waals surface area contributed by atoms with Crippen molar-refractivity contribution in [2.24, 2.45) is 5.92 Å². The molecule has 1 aromatic carbocycles. The van der Waals surface area contributed by atoms with Crippen LogP contribution in [0.3, 0.4) is 0 Å². The molecule has 0 amide bonds. The van der Waals surface area contributed by atoms with Crippen LogP contribution in [0.5, 0.6) is 5.75 Å². The van der Waals surface area contributed by atoms with Crippen LogP contribution in [0.15, 0.2) is 12.1 Å². The van der Waals surface area contributed by atoms with Gasteiger partial charge >= 0.3 is 0 Å². The molecule has 1 N–H and O–H groups in total. The Morgan fingerprint density at radius 2 is 1.90 bits per heavy atom. The Balaban J connectivity index is 2.30. The highest BCUT2D eigenvalue weighted by Gasteiger charge is 2.27. The first-order valence-electron chi connectivity index (χ1n) is 7.52. The van der Waals surface area contributed by atoms with Crippen LogP contribution in [0.1, 0.15) is 51.1 Å². The molecule has 112 valence electrons. The van der Waals surface area contributed by atoms with Gasteiger partial charge < -0.3 is 10.1 Å². The van der Waals surface area contributed by atoms with Crippen molar-refractivity contribution in [3.8, 4) is 5.75 Å². The Kier molecular flexibility index (Phi) is 6.01. The van der Waals surface area contributed by atoms with Gasteiger partial charge in [0.2, 0.25) is 0 Å². The minimum atomic E-state index is 0.295. The lowest BCUT2D eigenvalue weighted by atomic mass is 9.91. The SMILES string of the molecule is CCNC(c1cc(Cl)c(OCC)cc1Cl)C1CCCC1. The highest BCUT2D eigenvalue weighted by atomic mass is 35.5. The number of hydrogen-bond acceptors (Lipinski definition) is 2. The Bertz CT molecular complexity index is 444. The summed E-state index contributed by atoms with van der Waals surface area (Å²) in [7, 11) is 0. The molecule has 2 nitrogen and oxygen atoms in total. The van der Waals surface area contributed by atoms with E-state index in [1.807, 2.05) is 19.1 Å². The fraction of sp³-hybridized carbons (Fsp3) is 0.625. The second-order valence-corrected chi connectivity index (χ2v) is 6.13. The molecule has 0 bridgehead atoms. The highest BCUT2D eigenvalue weighted by molar-refractivity contribution is 6.34.